The van der Waals surface area contributed by atoms with E-state index in [-0.39, 0.29) is 31.1 Å². The fourth-order valence-corrected chi connectivity index (χ4v) is 9.96. The van der Waals surface area contributed by atoms with E-state index in [1.165, 1.54) is 225 Å². The molecule has 1 atom stereocenters. The summed E-state index contributed by atoms with van der Waals surface area (Å²) in [6.45, 7) is 6.57. The van der Waals surface area contributed by atoms with Crippen molar-refractivity contribution >= 4 is 17.9 Å². The van der Waals surface area contributed by atoms with E-state index < -0.39 is 6.10 Å². The van der Waals surface area contributed by atoms with Gasteiger partial charge in [0.2, 0.25) is 0 Å². The third kappa shape index (κ3) is 63.8. The summed E-state index contributed by atoms with van der Waals surface area (Å²) in [5.41, 5.74) is 0. The second kappa shape index (κ2) is 65.6. The van der Waals surface area contributed by atoms with Crippen molar-refractivity contribution in [2.24, 2.45) is 0 Å². The molecule has 448 valence electrons. The second-order valence-corrected chi connectivity index (χ2v) is 22.7. The van der Waals surface area contributed by atoms with Gasteiger partial charge in [-0.25, -0.2) is 0 Å². The van der Waals surface area contributed by atoms with Gasteiger partial charge in [0.25, 0.3) is 0 Å². The van der Waals surface area contributed by atoms with Gasteiger partial charge in [0.1, 0.15) is 13.2 Å². The van der Waals surface area contributed by atoms with E-state index >= 15 is 0 Å². The smallest absolute Gasteiger partial charge is 0.306 e. The number of rotatable bonds is 62. The number of unbranched alkanes of at least 4 members (excludes halogenated alkanes) is 41. The van der Waals surface area contributed by atoms with E-state index in [4.69, 9.17) is 14.2 Å². The summed E-state index contributed by atoms with van der Waals surface area (Å²) in [7, 11) is 0. The van der Waals surface area contributed by atoms with Crippen molar-refractivity contribution in [1.29, 1.82) is 0 Å². The van der Waals surface area contributed by atoms with E-state index in [0.29, 0.717) is 19.3 Å². The highest BCUT2D eigenvalue weighted by Gasteiger charge is 2.19. The molecule has 0 aromatic carbocycles. The molecule has 0 heterocycles. The molecule has 0 amide bonds. The first-order chi connectivity index (χ1) is 38.0. The van der Waals surface area contributed by atoms with Crippen molar-refractivity contribution in [1.82, 2.24) is 0 Å². The summed E-state index contributed by atoms with van der Waals surface area (Å²) < 4.78 is 17.0. The minimum atomic E-state index is -0.778. The summed E-state index contributed by atoms with van der Waals surface area (Å²) in [4.78, 5) is 38.4. The van der Waals surface area contributed by atoms with E-state index in [0.717, 1.165) is 89.9 Å². The van der Waals surface area contributed by atoms with Crippen LogP contribution in [-0.2, 0) is 28.6 Å². The van der Waals surface area contributed by atoms with Gasteiger partial charge in [0.15, 0.2) is 6.10 Å². The molecule has 0 saturated carbocycles. The van der Waals surface area contributed by atoms with Gasteiger partial charge in [-0.15, -0.1) is 0 Å². The summed E-state index contributed by atoms with van der Waals surface area (Å²) in [6, 6.07) is 0. The van der Waals surface area contributed by atoms with Gasteiger partial charge < -0.3 is 14.2 Å². The molecular weight excluding hydrogens is 949 g/mol. The molecule has 0 aromatic heterocycles. The highest BCUT2D eigenvalue weighted by Crippen LogP contribution is 2.17. The number of carbonyl (C=O) groups excluding carboxylic acids is 3. The van der Waals surface area contributed by atoms with Crippen LogP contribution in [0.1, 0.15) is 355 Å². The van der Waals surface area contributed by atoms with E-state index in [1.807, 2.05) is 0 Å². The Balaban J connectivity index is 4.27. The SMILES string of the molecule is CC/C=C\C/C=C\C/C=C\C/C=C\CCCCCCCCCCC(=O)OC(COC(=O)CCCCCCCCCCCCCCC)COC(=O)CCCCCCCCCCCCCCC/C=C\CCCCCCCCCC. The molecule has 0 N–H and O–H groups in total. The molecule has 6 nitrogen and oxygen atoms in total. The highest BCUT2D eigenvalue weighted by atomic mass is 16.6. The van der Waals surface area contributed by atoms with Gasteiger partial charge in [-0.1, -0.05) is 313 Å². The van der Waals surface area contributed by atoms with Crippen molar-refractivity contribution in [3.05, 3.63) is 60.8 Å². The number of hydrogen-bond acceptors (Lipinski definition) is 6. The van der Waals surface area contributed by atoms with Crippen LogP contribution >= 0.6 is 0 Å². The zero-order valence-electron chi connectivity index (χ0n) is 51.5. The average molecular weight is 1080 g/mol. The lowest BCUT2D eigenvalue weighted by Gasteiger charge is -2.18. The highest BCUT2D eigenvalue weighted by molar-refractivity contribution is 5.71. The zero-order chi connectivity index (χ0) is 55.7. The van der Waals surface area contributed by atoms with Crippen LogP contribution in [0.4, 0.5) is 0 Å². The Morgan fingerprint density at radius 3 is 0.805 bits per heavy atom. The molecule has 77 heavy (non-hydrogen) atoms. The maximum Gasteiger partial charge on any atom is 0.306 e. The molecule has 1 unspecified atom stereocenters. The van der Waals surface area contributed by atoms with Crippen LogP contribution < -0.4 is 0 Å². The van der Waals surface area contributed by atoms with Crippen molar-refractivity contribution in [3.63, 3.8) is 0 Å². The Hall–Kier alpha value is -2.89. The summed E-state index contributed by atoms with van der Waals surface area (Å²) in [6.07, 6.45) is 83.8. The van der Waals surface area contributed by atoms with E-state index in [1.54, 1.807) is 0 Å². The van der Waals surface area contributed by atoms with Crippen molar-refractivity contribution in [2.75, 3.05) is 13.2 Å². The maximum absolute atomic E-state index is 12.9. The lowest BCUT2D eigenvalue weighted by molar-refractivity contribution is -0.167. The lowest BCUT2D eigenvalue weighted by atomic mass is 10.0. The number of ether oxygens (including phenoxy) is 3. The maximum atomic E-state index is 12.9. The number of allylic oxidation sites excluding steroid dienone is 10. The van der Waals surface area contributed by atoms with Crippen LogP contribution in [-0.4, -0.2) is 37.2 Å². The topological polar surface area (TPSA) is 78.9 Å². The third-order valence-electron chi connectivity index (χ3n) is 15.0. The summed E-state index contributed by atoms with van der Waals surface area (Å²) in [5, 5.41) is 0. The predicted octanol–water partition coefficient (Wildman–Crippen LogP) is 23.1. The normalized spacial score (nSPS) is 12.4. The Labute approximate surface area is 479 Å². The molecule has 0 spiro atoms. The van der Waals surface area contributed by atoms with Crippen molar-refractivity contribution in [3.8, 4) is 0 Å². The second-order valence-electron chi connectivity index (χ2n) is 22.7. The number of hydrogen-bond donors (Lipinski definition) is 0. The molecule has 0 rings (SSSR count). The predicted molar refractivity (Wildman–Crippen MR) is 335 cm³/mol. The first-order valence-electron chi connectivity index (χ1n) is 33.8. The van der Waals surface area contributed by atoms with Crippen molar-refractivity contribution in [2.45, 2.75) is 361 Å². The molecule has 0 fully saturated rings. The molecule has 0 aliphatic carbocycles. The minimum Gasteiger partial charge on any atom is -0.462 e. The monoisotopic (exact) mass is 1080 g/mol. The Morgan fingerprint density at radius 2 is 0.506 bits per heavy atom. The standard InChI is InChI=1S/C71H128O6/c1-4-7-10-13-16-19-22-25-27-29-31-33-34-35-36-38-39-41-43-46-49-52-55-58-61-64-70(73)76-67-68(66-75-69(72)63-60-57-54-51-48-45-24-21-18-15-12-9-6-3)77-71(74)65-62-59-56-53-50-47-44-42-40-37-32-30-28-26-23-20-17-14-11-8-5-2/h8,11,17,20,26,28-29,31-32,37,68H,4-7,9-10,12-16,18-19,21-25,27,30,33-36,38-67H2,1-3H3/b11-8-,20-17-,28-26-,31-29-,37-32-. The van der Waals surface area contributed by atoms with E-state index in [9.17, 15) is 14.4 Å². The van der Waals surface area contributed by atoms with Crippen LogP contribution in [0.2, 0.25) is 0 Å². The summed E-state index contributed by atoms with van der Waals surface area (Å²) >= 11 is 0. The Kier molecular flexibility index (Phi) is 63.2. The number of carbonyl (C=O) groups is 3. The fourth-order valence-electron chi connectivity index (χ4n) is 9.96. The molecule has 0 saturated heterocycles. The Morgan fingerprint density at radius 1 is 0.273 bits per heavy atom. The molecule has 0 aliphatic heterocycles. The average Bonchev–Trinajstić information content (AvgIpc) is 3.43. The van der Waals surface area contributed by atoms with E-state index in [2.05, 4.69) is 81.5 Å². The van der Waals surface area contributed by atoms with Gasteiger partial charge in [0.05, 0.1) is 0 Å². The molecular formula is C71H128O6. The van der Waals surface area contributed by atoms with Gasteiger partial charge in [-0.05, 0) is 83.5 Å². The summed E-state index contributed by atoms with van der Waals surface area (Å²) in [5.74, 6) is -0.860. The van der Waals surface area contributed by atoms with Crippen LogP contribution in [0.25, 0.3) is 0 Å². The van der Waals surface area contributed by atoms with Crippen molar-refractivity contribution < 1.29 is 28.6 Å². The number of esters is 3. The zero-order valence-corrected chi connectivity index (χ0v) is 51.5. The van der Waals surface area contributed by atoms with Gasteiger partial charge in [0, 0.05) is 19.3 Å². The molecule has 0 bridgehead atoms. The largest absolute Gasteiger partial charge is 0.462 e. The Bertz CT molecular complexity index is 1380. The van der Waals surface area contributed by atoms with Crippen LogP contribution in [0.3, 0.4) is 0 Å². The molecule has 6 heteroatoms. The quantitative estimate of drug-likeness (QED) is 0.0261. The van der Waals surface area contributed by atoms with Gasteiger partial charge in [-0.3, -0.25) is 14.4 Å². The minimum absolute atomic E-state index is 0.0735. The molecule has 0 radical (unpaired) electrons. The first-order valence-corrected chi connectivity index (χ1v) is 33.8. The van der Waals surface area contributed by atoms with Gasteiger partial charge in [-0.2, -0.15) is 0 Å². The van der Waals surface area contributed by atoms with Gasteiger partial charge >= 0.3 is 17.9 Å². The first kappa shape index (κ1) is 74.1. The fraction of sp³-hybridized carbons (Fsp3) is 0.817. The van der Waals surface area contributed by atoms with Crippen LogP contribution in [0.15, 0.2) is 60.8 Å². The van der Waals surface area contributed by atoms with Crippen LogP contribution in [0, 0.1) is 0 Å². The van der Waals surface area contributed by atoms with Crippen LogP contribution in [0.5, 0.6) is 0 Å². The lowest BCUT2D eigenvalue weighted by Crippen LogP contribution is -2.30. The third-order valence-corrected chi connectivity index (χ3v) is 15.0. The molecule has 0 aliphatic rings. The molecule has 0 aromatic rings.